The number of carbonyl (C=O) groups is 3. The van der Waals surface area contributed by atoms with E-state index in [1.165, 1.54) is 7.11 Å². The van der Waals surface area contributed by atoms with Crippen LogP contribution in [0.1, 0.15) is 39.7 Å². The van der Waals surface area contributed by atoms with Crippen LogP contribution in [-0.4, -0.2) is 42.8 Å². The summed E-state index contributed by atoms with van der Waals surface area (Å²) in [7, 11) is 1.25. The summed E-state index contributed by atoms with van der Waals surface area (Å²) in [5.74, 6) is -1.41. The van der Waals surface area contributed by atoms with Crippen molar-refractivity contribution in [2.75, 3.05) is 7.11 Å². The van der Waals surface area contributed by atoms with Crippen LogP contribution in [-0.2, 0) is 25.5 Å². The van der Waals surface area contributed by atoms with E-state index in [4.69, 9.17) is 9.47 Å². The Labute approximate surface area is 172 Å². The second-order valence-electron chi connectivity index (χ2n) is 7.83. The van der Waals surface area contributed by atoms with Gasteiger partial charge in [0.25, 0.3) is 0 Å². The molecular weight excluding hydrogens is 372 g/mol. The molecule has 1 rings (SSSR count). The predicted molar refractivity (Wildman–Crippen MR) is 111 cm³/mol. The molecule has 0 radical (unpaired) electrons. The summed E-state index contributed by atoms with van der Waals surface area (Å²) in [4.78, 5) is 37.2. The molecule has 0 aliphatic heterocycles. The average Bonchev–Trinajstić information content (AvgIpc) is 2.67. The Morgan fingerprint density at radius 3 is 2.28 bits per heavy atom. The van der Waals surface area contributed by atoms with Gasteiger partial charge < -0.3 is 20.1 Å². The molecule has 1 aromatic rings. The minimum Gasteiger partial charge on any atom is -0.467 e. The van der Waals surface area contributed by atoms with Crippen LogP contribution in [0.3, 0.4) is 0 Å². The van der Waals surface area contributed by atoms with Gasteiger partial charge in [-0.2, -0.15) is 0 Å². The largest absolute Gasteiger partial charge is 0.467 e. The maximum Gasteiger partial charge on any atom is 0.408 e. The zero-order chi connectivity index (χ0) is 22.0. The fourth-order valence-corrected chi connectivity index (χ4v) is 2.60. The molecule has 1 aromatic carbocycles. The summed E-state index contributed by atoms with van der Waals surface area (Å²) in [6.45, 7) is 10.6. The van der Waals surface area contributed by atoms with Crippen molar-refractivity contribution < 1.29 is 23.9 Å². The SMILES string of the molecule is C=C[C@@H](C)[C@H](NC(=O)[C@H](CCc1ccccc1)NC(=O)OC(C)(C)C)C(=O)OC. The van der Waals surface area contributed by atoms with E-state index in [0.717, 1.165) is 5.56 Å². The van der Waals surface area contributed by atoms with E-state index in [9.17, 15) is 14.4 Å². The summed E-state index contributed by atoms with van der Waals surface area (Å²) in [6, 6.07) is 7.83. The standard InChI is InChI=1S/C22H32N2O5/c1-7-15(2)18(20(26)28-6)24-19(25)17(23-21(27)29-22(3,4)5)14-13-16-11-9-8-10-12-16/h7-12,15,17-18H,1,13-14H2,2-6H3,(H,23,27)(H,24,25)/t15-,17+,18+/m1/s1. The molecule has 0 bridgehead atoms. The number of amides is 2. The van der Waals surface area contributed by atoms with Gasteiger partial charge in [-0.25, -0.2) is 9.59 Å². The number of methoxy groups -OCH3 is 1. The van der Waals surface area contributed by atoms with Crippen molar-refractivity contribution in [3.8, 4) is 0 Å². The van der Waals surface area contributed by atoms with Gasteiger partial charge in [0.2, 0.25) is 5.91 Å². The molecule has 160 valence electrons. The number of nitrogens with one attached hydrogen (secondary N) is 2. The molecule has 2 N–H and O–H groups in total. The minimum atomic E-state index is -0.898. The molecule has 7 nitrogen and oxygen atoms in total. The highest BCUT2D eigenvalue weighted by atomic mass is 16.6. The van der Waals surface area contributed by atoms with E-state index < -0.39 is 35.7 Å². The maximum atomic E-state index is 12.9. The molecule has 0 aliphatic carbocycles. The van der Waals surface area contributed by atoms with E-state index in [-0.39, 0.29) is 5.92 Å². The van der Waals surface area contributed by atoms with Gasteiger partial charge in [-0.05, 0) is 39.2 Å². The van der Waals surface area contributed by atoms with Crippen LogP contribution >= 0.6 is 0 Å². The smallest absolute Gasteiger partial charge is 0.408 e. The lowest BCUT2D eigenvalue weighted by Gasteiger charge is -2.26. The molecule has 0 aliphatic rings. The number of carbonyl (C=O) groups excluding carboxylic acids is 3. The van der Waals surface area contributed by atoms with E-state index in [1.807, 2.05) is 30.3 Å². The summed E-state index contributed by atoms with van der Waals surface area (Å²) in [5.41, 5.74) is 0.330. The third kappa shape index (κ3) is 8.81. The number of hydrogen-bond donors (Lipinski definition) is 2. The molecule has 0 fully saturated rings. The van der Waals surface area contributed by atoms with E-state index >= 15 is 0 Å². The third-order valence-electron chi connectivity index (χ3n) is 4.22. The summed E-state index contributed by atoms with van der Waals surface area (Å²) in [6.07, 6.45) is 1.76. The highest BCUT2D eigenvalue weighted by Gasteiger charge is 2.30. The van der Waals surface area contributed by atoms with Crippen LogP contribution in [0.2, 0.25) is 0 Å². The molecule has 0 saturated heterocycles. The Balaban J connectivity index is 2.94. The molecule has 0 saturated carbocycles. The Kier molecular flexibility index (Phi) is 9.38. The second-order valence-corrected chi connectivity index (χ2v) is 7.83. The predicted octanol–water partition coefficient (Wildman–Crippen LogP) is 2.99. The number of hydrogen-bond acceptors (Lipinski definition) is 5. The topological polar surface area (TPSA) is 93.7 Å². The fraction of sp³-hybridized carbons (Fsp3) is 0.500. The van der Waals surface area contributed by atoms with Crippen LogP contribution in [0.15, 0.2) is 43.0 Å². The van der Waals surface area contributed by atoms with E-state index in [1.54, 1.807) is 33.8 Å². The molecule has 0 aromatic heterocycles. The highest BCUT2D eigenvalue weighted by molar-refractivity contribution is 5.89. The molecule has 29 heavy (non-hydrogen) atoms. The highest BCUT2D eigenvalue weighted by Crippen LogP contribution is 2.11. The van der Waals surface area contributed by atoms with Gasteiger partial charge in [0.05, 0.1) is 7.11 Å². The van der Waals surface area contributed by atoms with Crippen molar-refractivity contribution in [2.45, 2.75) is 58.2 Å². The van der Waals surface area contributed by atoms with Crippen molar-refractivity contribution in [1.82, 2.24) is 10.6 Å². The normalized spacial score (nSPS) is 14.1. The van der Waals surface area contributed by atoms with Gasteiger partial charge in [-0.15, -0.1) is 6.58 Å². The van der Waals surface area contributed by atoms with Gasteiger partial charge in [0, 0.05) is 5.92 Å². The van der Waals surface area contributed by atoms with Crippen molar-refractivity contribution in [2.24, 2.45) is 5.92 Å². The molecule has 2 amide bonds. The van der Waals surface area contributed by atoms with E-state index in [2.05, 4.69) is 17.2 Å². The monoisotopic (exact) mass is 404 g/mol. The lowest BCUT2D eigenvalue weighted by atomic mass is 10.0. The van der Waals surface area contributed by atoms with Crippen molar-refractivity contribution in [3.63, 3.8) is 0 Å². The molecule has 0 heterocycles. The number of esters is 1. The first kappa shape index (κ1) is 24.2. The zero-order valence-electron chi connectivity index (χ0n) is 17.9. The lowest BCUT2D eigenvalue weighted by molar-refractivity contribution is -0.146. The number of rotatable bonds is 9. The van der Waals surface area contributed by atoms with Crippen molar-refractivity contribution in [3.05, 3.63) is 48.6 Å². The maximum absolute atomic E-state index is 12.9. The van der Waals surface area contributed by atoms with Crippen LogP contribution in [0, 0.1) is 5.92 Å². The average molecular weight is 405 g/mol. The first-order valence-electron chi connectivity index (χ1n) is 9.61. The van der Waals surface area contributed by atoms with Crippen molar-refractivity contribution >= 4 is 18.0 Å². The van der Waals surface area contributed by atoms with Crippen LogP contribution in [0.5, 0.6) is 0 Å². The van der Waals surface area contributed by atoms with Crippen LogP contribution in [0.25, 0.3) is 0 Å². The third-order valence-corrected chi connectivity index (χ3v) is 4.22. The Hall–Kier alpha value is -2.83. The summed E-state index contributed by atoms with van der Waals surface area (Å²) in [5, 5.41) is 5.28. The summed E-state index contributed by atoms with van der Waals surface area (Å²) >= 11 is 0. The van der Waals surface area contributed by atoms with Gasteiger partial charge in [-0.3, -0.25) is 4.79 Å². The number of benzene rings is 1. The summed E-state index contributed by atoms with van der Waals surface area (Å²) < 4.78 is 10.1. The van der Waals surface area contributed by atoms with Crippen molar-refractivity contribution in [1.29, 1.82) is 0 Å². The number of aryl methyl sites for hydroxylation is 1. The molecule has 7 heteroatoms. The van der Waals surface area contributed by atoms with Gasteiger partial charge in [-0.1, -0.05) is 43.3 Å². The lowest BCUT2D eigenvalue weighted by Crippen LogP contribution is -2.54. The fourth-order valence-electron chi connectivity index (χ4n) is 2.60. The van der Waals surface area contributed by atoms with Gasteiger partial charge in [0.1, 0.15) is 17.7 Å². The van der Waals surface area contributed by atoms with E-state index in [0.29, 0.717) is 12.8 Å². The Morgan fingerprint density at radius 2 is 1.76 bits per heavy atom. The Bertz CT molecular complexity index is 697. The molecule has 0 spiro atoms. The number of alkyl carbamates (subject to hydrolysis) is 1. The quantitative estimate of drug-likeness (QED) is 0.487. The first-order chi connectivity index (χ1) is 13.6. The second kappa shape index (κ2) is 11.2. The number of ether oxygens (including phenoxy) is 2. The van der Waals surface area contributed by atoms with Crippen LogP contribution in [0.4, 0.5) is 4.79 Å². The van der Waals surface area contributed by atoms with Gasteiger partial charge in [0.15, 0.2) is 0 Å². The van der Waals surface area contributed by atoms with Crippen LogP contribution < -0.4 is 10.6 Å². The molecule has 0 unspecified atom stereocenters. The zero-order valence-corrected chi connectivity index (χ0v) is 17.9. The molecular formula is C22H32N2O5. The molecule has 3 atom stereocenters. The van der Waals surface area contributed by atoms with Gasteiger partial charge >= 0.3 is 12.1 Å². The Morgan fingerprint density at radius 1 is 1.14 bits per heavy atom. The minimum absolute atomic E-state index is 0.339. The first-order valence-corrected chi connectivity index (χ1v) is 9.61.